The third-order valence-electron chi connectivity index (χ3n) is 3.21. The van der Waals surface area contributed by atoms with E-state index in [0.717, 1.165) is 30.8 Å². The van der Waals surface area contributed by atoms with Crippen molar-refractivity contribution < 1.29 is 4.79 Å². The molecule has 0 bridgehead atoms. The molecule has 2 aromatic rings. The number of hydrogen-bond donors (Lipinski definition) is 2. The van der Waals surface area contributed by atoms with Crippen molar-refractivity contribution >= 4 is 5.91 Å². The van der Waals surface area contributed by atoms with Gasteiger partial charge in [-0.15, -0.1) is 0 Å². The molecule has 0 spiro atoms. The second kappa shape index (κ2) is 6.34. The number of benzene rings is 1. The van der Waals surface area contributed by atoms with Gasteiger partial charge in [0.15, 0.2) is 0 Å². The van der Waals surface area contributed by atoms with Crippen LogP contribution in [0.25, 0.3) is 0 Å². The molecule has 5 nitrogen and oxygen atoms in total. The molecule has 5 heteroatoms. The summed E-state index contributed by atoms with van der Waals surface area (Å²) in [5.41, 5.74) is 9.22. The number of hydrogen-bond acceptors (Lipinski definition) is 3. The van der Waals surface area contributed by atoms with E-state index in [1.54, 1.807) is 12.1 Å². The quantitative estimate of drug-likeness (QED) is 0.834. The van der Waals surface area contributed by atoms with Gasteiger partial charge in [0.2, 0.25) is 5.91 Å². The molecule has 1 amide bonds. The van der Waals surface area contributed by atoms with Crippen LogP contribution in [-0.4, -0.2) is 15.7 Å². The van der Waals surface area contributed by atoms with Crippen LogP contribution >= 0.6 is 0 Å². The largest absolute Gasteiger partial charge is 0.366 e. The monoisotopic (exact) mass is 272 g/mol. The maximum absolute atomic E-state index is 11.0. The number of nitrogens with zero attached hydrogens (tertiary/aromatic N) is 2. The molecule has 2 rings (SSSR count). The molecule has 0 aliphatic heterocycles. The lowest BCUT2D eigenvalue weighted by molar-refractivity contribution is 0.100. The van der Waals surface area contributed by atoms with Gasteiger partial charge in [0.25, 0.3) is 0 Å². The minimum absolute atomic E-state index is 0.396. The van der Waals surface area contributed by atoms with Crippen LogP contribution in [0.3, 0.4) is 0 Å². The number of carbonyl (C=O) groups excluding carboxylic acids is 1. The summed E-state index contributed by atoms with van der Waals surface area (Å²) in [6.45, 7) is 3.64. The third-order valence-corrected chi connectivity index (χ3v) is 3.21. The lowest BCUT2D eigenvalue weighted by Crippen LogP contribution is -2.14. The zero-order chi connectivity index (χ0) is 14.5. The molecule has 0 radical (unpaired) electrons. The molecule has 1 aromatic heterocycles. The number of rotatable bonds is 6. The highest BCUT2D eigenvalue weighted by molar-refractivity contribution is 5.92. The van der Waals surface area contributed by atoms with Gasteiger partial charge in [0.1, 0.15) is 0 Å². The van der Waals surface area contributed by atoms with Crippen LogP contribution in [0.1, 0.15) is 34.1 Å². The fraction of sp³-hybridized carbons (Fsp3) is 0.333. The Labute approximate surface area is 118 Å². The van der Waals surface area contributed by atoms with Crippen molar-refractivity contribution in [1.29, 1.82) is 0 Å². The molecule has 1 aromatic carbocycles. The molecule has 3 N–H and O–H groups in total. The van der Waals surface area contributed by atoms with Crippen molar-refractivity contribution in [3.05, 3.63) is 52.8 Å². The van der Waals surface area contributed by atoms with Crippen LogP contribution in [0.2, 0.25) is 0 Å². The molecule has 0 saturated heterocycles. The fourth-order valence-electron chi connectivity index (χ4n) is 2.16. The van der Waals surface area contributed by atoms with Gasteiger partial charge < -0.3 is 11.1 Å². The van der Waals surface area contributed by atoms with Crippen molar-refractivity contribution in [2.45, 2.75) is 26.4 Å². The van der Waals surface area contributed by atoms with Crippen LogP contribution in [-0.2, 0) is 26.6 Å². The van der Waals surface area contributed by atoms with Gasteiger partial charge in [0.05, 0.1) is 5.69 Å². The molecule has 1 heterocycles. The van der Waals surface area contributed by atoms with Crippen LogP contribution in [0, 0.1) is 0 Å². The highest BCUT2D eigenvalue weighted by Crippen LogP contribution is 2.08. The normalized spacial score (nSPS) is 10.7. The summed E-state index contributed by atoms with van der Waals surface area (Å²) >= 11 is 0. The predicted molar refractivity (Wildman–Crippen MR) is 78.1 cm³/mol. The average Bonchev–Trinajstić information content (AvgIpc) is 2.79. The Kier molecular flexibility index (Phi) is 4.53. The molecule has 106 valence electrons. The van der Waals surface area contributed by atoms with Gasteiger partial charge in [0, 0.05) is 37.5 Å². The van der Waals surface area contributed by atoms with E-state index >= 15 is 0 Å². The fourth-order valence-corrected chi connectivity index (χ4v) is 2.16. The Hall–Kier alpha value is -2.14. The van der Waals surface area contributed by atoms with Gasteiger partial charge in [-0.2, -0.15) is 5.10 Å². The SMILES string of the molecule is CCc1nn(C)cc1CNCc1ccc(C(N)=O)cc1. The highest BCUT2D eigenvalue weighted by atomic mass is 16.1. The summed E-state index contributed by atoms with van der Waals surface area (Å²) in [7, 11) is 1.94. The number of aryl methyl sites for hydroxylation is 2. The average molecular weight is 272 g/mol. The maximum Gasteiger partial charge on any atom is 0.248 e. The number of nitrogens with one attached hydrogen (secondary N) is 1. The first-order valence-corrected chi connectivity index (χ1v) is 6.71. The Morgan fingerprint density at radius 3 is 2.60 bits per heavy atom. The van der Waals surface area contributed by atoms with Crippen LogP contribution < -0.4 is 11.1 Å². The summed E-state index contributed by atoms with van der Waals surface area (Å²) in [6, 6.07) is 7.33. The van der Waals surface area contributed by atoms with E-state index in [0.29, 0.717) is 5.56 Å². The zero-order valence-electron chi connectivity index (χ0n) is 11.9. The lowest BCUT2D eigenvalue weighted by Gasteiger charge is -2.05. The summed E-state index contributed by atoms with van der Waals surface area (Å²) in [6.07, 6.45) is 2.98. The minimum atomic E-state index is -0.396. The number of carbonyl (C=O) groups is 1. The molecule has 0 unspecified atom stereocenters. The molecule has 0 aliphatic carbocycles. The summed E-state index contributed by atoms with van der Waals surface area (Å²) < 4.78 is 1.84. The van der Waals surface area contributed by atoms with Gasteiger partial charge in [-0.05, 0) is 24.1 Å². The van der Waals surface area contributed by atoms with E-state index in [9.17, 15) is 4.79 Å². The van der Waals surface area contributed by atoms with Crippen molar-refractivity contribution in [3.8, 4) is 0 Å². The first-order chi connectivity index (χ1) is 9.60. The Morgan fingerprint density at radius 2 is 2.00 bits per heavy atom. The van der Waals surface area contributed by atoms with E-state index in [4.69, 9.17) is 5.73 Å². The van der Waals surface area contributed by atoms with Gasteiger partial charge in [-0.25, -0.2) is 0 Å². The van der Waals surface area contributed by atoms with Crippen molar-refractivity contribution in [2.75, 3.05) is 0 Å². The van der Waals surface area contributed by atoms with E-state index in [2.05, 4.69) is 17.3 Å². The summed E-state index contributed by atoms with van der Waals surface area (Å²) in [4.78, 5) is 11.0. The van der Waals surface area contributed by atoms with Gasteiger partial charge >= 0.3 is 0 Å². The van der Waals surface area contributed by atoms with Crippen LogP contribution in [0.15, 0.2) is 30.5 Å². The first-order valence-electron chi connectivity index (χ1n) is 6.71. The van der Waals surface area contributed by atoms with E-state index in [1.165, 1.54) is 5.56 Å². The molecule has 0 saturated carbocycles. The highest BCUT2D eigenvalue weighted by Gasteiger charge is 2.05. The zero-order valence-corrected chi connectivity index (χ0v) is 11.9. The van der Waals surface area contributed by atoms with Crippen molar-refractivity contribution in [1.82, 2.24) is 15.1 Å². The predicted octanol–water partition coefficient (Wildman–Crippen LogP) is 1.37. The molecule has 0 atom stereocenters. The number of amides is 1. The van der Waals surface area contributed by atoms with E-state index in [1.807, 2.05) is 30.1 Å². The van der Waals surface area contributed by atoms with E-state index < -0.39 is 5.91 Å². The first kappa shape index (κ1) is 14.3. The number of nitrogens with two attached hydrogens (primary N) is 1. The second-order valence-corrected chi connectivity index (χ2v) is 4.79. The smallest absolute Gasteiger partial charge is 0.248 e. The maximum atomic E-state index is 11.0. The van der Waals surface area contributed by atoms with Gasteiger partial charge in [-0.1, -0.05) is 19.1 Å². The number of aromatic nitrogens is 2. The lowest BCUT2D eigenvalue weighted by atomic mass is 10.1. The topological polar surface area (TPSA) is 72.9 Å². The summed E-state index contributed by atoms with van der Waals surface area (Å²) in [5, 5.41) is 7.80. The Morgan fingerprint density at radius 1 is 1.30 bits per heavy atom. The molecular weight excluding hydrogens is 252 g/mol. The van der Waals surface area contributed by atoms with E-state index in [-0.39, 0.29) is 0 Å². The van der Waals surface area contributed by atoms with Crippen LogP contribution in [0.4, 0.5) is 0 Å². The molecule has 0 aliphatic rings. The standard InChI is InChI=1S/C15H20N4O/c1-3-14-13(10-19(2)18-14)9-17-8-11-4-6-12(7-5-11)15(16)20/h4-7,10,17H,3,8-9H2,1-2H3,(H2,16,20). The molecular formula is C15H20N4O. The minimum Gasteiger partial charge on any atom is -0.366 e. The Balaban J connectivity index is 1.90. The summed E-state index contributed by atoms with van der Waals surface area (Å²) in [5.74, 6) is -0.396. The molecule has 0 fully saturated rings. The van der Waals surface area contributed by atoms with Gasteiger partial charge in [-0.3, -0.25) is 9.48 Å². The second-order valence-electron chi connectivity index (χ2n) is 4.79. The molecule has 20 heavy (non-hydrogen) atoms. The Bertz CT molecular complexity index is 586. The van der Waals surface area contributed by atoms with Crippen LogP contribution in [0.5, 0.6) is 0 Å². The van der Waals surface area contributed by atoms with Crippen molar-refractivity contribution in [2.24, 2.45) is 12.8 Å². The third kappa shape index (κ3) is 3.45. The number of primary amides is 1. The van der Waals surface area contributed by atoms with Crippen molar-refractivity contribution in [3.63, 3.8) is 0 Å².